The molecule has 0 amide bonds. The van der Waals surface area contributed by atoms with Crippen LogP contribution < -0.4 is 0 Å². The normalized spacial score (nSPS) is 11.9. The lowest BCUT2D eigenvalue weighted by atomic mass is 10.0. The maximum Gasteiger partial charge on any atom is 0.159 e. The number of aromatic nitrogens is 4. The smallest absolute Gasteiger partial charge is 0.159 e. The molecule has 16 aromatic carbocycles. The first-order chi connectivity index (χ1) is 50.6. The Morgan fingerprint density at radius 3 is 0.931 bits per heavy atom. The van der Waals surface area contributed by atoms with Crippen molar-refractivity contribution in [3.63, 3.8) is 0 Å². The van der Waals surface area contributed by atoms with Crippen molar-refractivity contribution in [2.75, 3.05) is 0 Å². The van der Waals surface area contributed by atoms with Gasteiger partial charge in [0.1, 0.15) is 16.7 Å². The molecule has 6 heterocycles. The Morgan fingerprint density at radius 2 is 0.471 bits per heavy atom. The van der Waals surface area contributed by atoms with Crippen LogP contribution in [0.1, 0.15) is 0 Å². The van der Waals surface area contributed by atoms with Crippen LogP contribution in [-0.4, -0.2) is 18.3 Å². The van der Waals surface area contributed by atoms with E-state index >= 15 is 0 Å². The van der Waals surface area contributed by atoms with E-state index in [9.17, 15) is 0 Å². The van der Waals surface area contributed by atoms with Crippen LogP contribution in [0.25, 0.3) is 198 Å². The first-order valence-corrected chi connectivity index (χ1v) is 34.9. The minimum Gasteiger partial charge on any atom is -0.456 e. The summed E-state index contributed by atoms with van der Waals surface area (Å²) < 4.78 is 22.3. The predicted octanol–water partition coefficient (Wildman–Crippen LogP) is 26.2. The van der Waals surface area contributed by atoms with E-state index in [2.05, 4.69) is 358 Å². The molecule has 476 valence electrons. The lowest BCUT2D eigenvalue weighted by molar-refractivity contribution is 0.666. The van der Waals surface area contributed by atoms with Gasteiger partial charge in [-0.3, -0.25) is 0 Å². The number of nitrogens with zero attached hydrogens (tertiary/aromatic N) is 4. The van der Waals surface area contributed by atoms with Gasteiger partial charge in [0, 0.05) is 87.8 Å². The van der Waals surface area contributed by atoms with Crippen LogP contribution >= 0.6 is 0 Å². The molecular weight excluding hydrogens is 1240 g/mol. The van der Waals surface area contributed by atoms with Gasteiger partial charge < -0.3 is 27.1 Å². The van der Waals surface area contributed by atoms with Crippen molar-refractivity contribution in [3.8, 4) is 67.3 Å². The molecule has 0 spiro atoms. The highest BCUT2D eigenvalue weighted by atomic mass is 16.3. The van der Waals surface area contributed by atoms with Crippen LogP contribution in [0.2, 0.25) is 0 Å². The maximum atomic E-state index is 6.51. The van der Waals surface area contributed by atoms with Crippen LogP contribution in [0.5, 0.6) is 0 Å². The van der Waals surface area contributed by atoms with Crippen molar-refractivity contribution < 1.29 is 8.83 Å². The Morgan fingerprint density at radius 1 is 0.157 bits per heavy atom. The standard InChI is InChI=1S/2C48H30N2O/c1-2-12-31(13-3-1)32-14-10-15-35(28-32)49-42-20-7-4-16-36(42)40-29-33(24-26-44(40)49)34-25-27-45-41(30-34)37-17-5-8-21-43(37)50(45)46-22-11-19-39-38-18-6-9-23-47(38)51-48(39)46;1-2-11-31(12-3-1)32-13-10-14-35(27-32)49-43-18-7-4-15-37(43)41-28-33(21-25-45(41)49)34-22-26-46-42(29-34)38-16-5-8-19-44(38)50(46)36-23-24-40-39-17-6-9-20-47(39)51-48(40)30-36/h2*1-30H. The second-order valence-electron chi connectivity index (χ2n) is 26.7. The van der Waals surface area contributed by atoms with Crippen LogP contribution in [0.3, 0.4) is 0 Å². The molecule has 0 fully saturated rings. The fourth-order valence-electron chi connectivity index (χ4n) is 16.4. The number of rotatable bonds is 8. The van der Waals surface area contributed by atoms with Gasteiger partial charge in [-0.15, -0.1) is 0 Å². The first-order valence-electron chi connectivity index (χ1n) is 34.9. The molecule has 6 nitrogen and oxygen atoms in total. The third kappa shape index (κ3) is 9.06. The van der Waals surface area contributed by atoms with E-state index < -0.39 is 0 Å². The van der Waals surface area contributed by atoms with Gasteiger partial charge in [0.05, 0.1) is 49.8 Å². The zero-order chi connectivity index (χ0) is 66.9. The number of hydrogen-bond donors (Lipinski definition) is 0. The number of furan rings is 2. The number of benzene rings is 16. The predicted molar refractivity (Wildman–Crippen MR) is 427 cm³/mol. The van der Waals surface area contributed by atoms with Gasteiger partial charge in [-0.25, -0.2) is 0 Å². The summed E-state index contributed by atoms with van der Waals surface area (Å²) >= 11 is 0. The minimum absolute atomic E-state index is 0.899. The molecule has 0 N–H and O–H groups in total. The summed E-state index contributed by atoms with van der Waals surface area (Å²) in [6.07, 6.45) is 0. The van der Waals surface area contributed by atoms with Gasteiger partial charge in [-0.1, -0.05) is 231 Å². The lowest BCUT2D eigenvalue weighted by Gasteiger charge is -2.11. The second-order valence-corrected chi connectivity index (χ2v) is 26.7. The molecule has 0 saturated carbocycles. The molecule has 6 aromatic heterocycles. The molecule has 0 radical (unpaired) electrons. The Hall–Kier alpha value is -13.7. The topological polar surface area (TPSA) is 46.0 Å². The zero-order valence-electron chi connectivity index (χ0n) is 55.2. The van der Waals surface area contributed by atoms with Crippen molar-refractivity contribution >= 4 is 131 Å². The minimum atomic E-state index is 0.899. The van der Waals surface area contributed by atoms with Gasteiger partial charge in [-0.05, 0) is 172 Å². The molecule has 0 aliphatic carbocycles. The quantitative estimate of drug-likeness (QED) is 0.152. The summed E-state index contributed by atoms with van der Waals surface area (Å²) in [5, 5.41) is 14.4. The Balaban J connectivity index is 0.000000133. The Kier molecular flexibility index (Phi) is 12.9. The molecule has 0 bridgehead atoms. The average molecular weight is 1300 g/mol. The lowest BCUT2D eigenvalue weighted by Crippen LogP contribution is -1.94. The molecule has 0 saturated heterocycles. The summed E-state index contributed by atoms with van der Waals surface area (Å²) in [6.45, 7) is 0. The van der Waals surface area contributed by atoms with Crippen molar-refractivity contribution in [2.45, 2.75) is 0 Å². The number of para-hydroxylation sites is 7. The fraction of sp³-hybridized carbons (Fsp3) is 0. The first kappa shape index (κ1) is 57.4. The fourth-order valence-corrected chi connectivity index (χ4v) is 16.4. The molecule has 102 heavy (non-hydrogen) atoms. The monoisotopic (exact) mass is 1300 g/mol. The summed E-state index contributed by atoms with van der Waals surface area (Å²) in [5.41, 5.74) is 27.2. The maximum absolute atomic E-state index is 6.51. The Bertz CT molecular complexity index is 7140. The van der Waals surface area contributed by atoms with Crippen molar-refractivity contribution in [3.05, 3.63) is 364 Å². The van der Waals surface area contributed by atoms with Gasteiger partial charge in [0.15, 0.2) is 5.58 Å². The van der Waals surface area contributed by atoms with Crippen LogP contribution in [0, 0.1) is 0 Å². The third-order valence-electron chi connectivity index (χ3n) is 21.0. The van der Waals surface area contributed by atoms with Gasteiger partial charge in [0.25, 0.3) is 0 Å². The van der Waals surface area contributed by atoms with E-state index in [1.165, 1.54) is 121 Å². The average Bonchev–Trinajstić information content (AvgIpc) is 1.60. The van der Waals surface area contributed by atoms with E-state index in [1.54, 1.807) is 0 Å². The third-order valence-corrected chi connectivity index (χ3v) is 21.0. The molecule has 0 aliphatic heterocycles. The van der Waals surface area contributed by atoms with Gasteiger partial charge in [0.2, 0.25) is 0 Å². The van der Waals surface area contributed by atoms with Crippen LogP contribution in [-0.2, 0) is 0 Å². The number of hydrogen-bond acceptors (Lipinski definition) is 2. The largest absolute Gasteiger partial charge is 0.456 e. The molecule has 6 heteroatoms. The summed E-state index contributed by atoms with van der Waals surface area (Å²) in [7, 11) is 0. The van der Waals surface area contributed by atoms with E-state index in [1.807, 2.05) is 24.3 Å². The molecule has 0 aliphatic rings. The summed E-state index contributed by atoms with van der Waals surface area (Å²) in [4.78, 5) is 0. The van der Waals surface area contributed by atoms with E-state index in [0.29, 0.717) is 0 Å². The number of fused-ring (bicyclic) bond motifs is 18. The van der Waals surface area contributed by atoms with Crippen LogP contribution in [0.15, 0.2) is 373 Å². The van der Waals surface area contributed by atoms with Gasteiger partial charge in [-0.2, -0.15) is 0 Å². The molecule has 0 unspecified atom stereocenters. The summed E-state index contributed by atoms with van der Waals surface area (Å²) in [5.74, 6) is 0. The second kappa shape index (κ2) is 23.0. The highest BCUT2D eigenvalue weighted by Gasteiger charge is 2.22. The van der Waals surface area contributed by atoms with Crippen molar-refractivity contribution in [1.82, 2.24) is 18.3 Å². The van der Waals surface area contributed by atoms with E-state index in [4.69, 9.17) is 8.83 Å². The zero-order valence-corrected chi connectivity index (χ0v) is 55.2. The van der Waals surface area contributed by atoms with Crippen molar-refractivity contribution in [1.29, 1.82) is 0 Å². The molecular formula is C96H60N4O2. The highest BCUT2D eigenvalue weighted by Crippen LogP contribution is 2.44. The van der Waals surface area contributed by atoms with E-state index in [0.717, 1.165) is 77.7 Å². The van der Waals surface area contributed by atoms with Crippen LogP contribution in [0.4, 0.5) is 0 Å². The van der Waals surface area contributed by atoms with Crippen molar-refractivity contribution in [2.24, 2.45) is 0 Å². The van der Waals surface area contributed by atoms with E-state index in [-0.39, 0.29) is 0 Å². The summed E-state index contributed by atoms with van der Waals surface area (Å²) in [6, 6.07) is 131. The molecule has 22 aromatic rings. The van der Waals surface area contributed by atoms with Gasteiger partial charge >= 0.3 is 0 Å². The molecule has 22 rings (SSSR count). The SMILES string of the molecule is c1ccc(-c2cccc(-n3c4ccccc4c4cc(-c5ccc6c(c5)c5ccccc5n6-c5ccc6c(c5)oc5ccccc56)ccc43)c2)cc1.c1ccc(-c2cccc(-n3c4ccccc4c4cc(-c5ccc6c(c5)c5ccccc5n6-c5cccc6c5oc5ccccc56)ccc43)c2)cc1. The highest BCUT2D eigenvalue weighted by molar-refractivity contribution is 6.17. The Labute approximate surface area is 585 Å². The molecule has 0 atom stereocenters.